The van der Waals surface area contributed by atoms with E-state index in [0.717, 1.165) is 36.4 Å². The Morgan fingerprint density at radius 1 is 1.20 bits per heavy atom. The maximum Gasteiger partial charge on any atom is 0.319 e. The molecule has 25 heavy (non-hydrogen) atoms. The van der Waals surface area contributed by atoms with E-state index < -0.39 is 0 Å². The summed E-state index contributed by atoms with van der Waals surface area (Å²) in [6.45, 7) is 4.13. The number of nitrogens with one attached hydrogen (secondary N) is 3. The smallest absolute Gasteiger partial charge is 0.319 e. The molecule has 0 aliphatic carbocycles. The van der Waals surface area contributed by atoms with E-state index >= 15 is 0 Å². The van der Waals surface area contributed by atoms with E-state index in [9.17, 15) is 4.79 Å². The fraction of sp³-hybridized carbons (Fsp3) is 0.368. The van der Waals surface area contributed by atoms with Gasteiger partial charge in [0, 0.05) is 43.8 Å². The molecule has 0 radical (unpaired) electrons. The van der Waals surface area contributed by atoms with Gasteiger partial charge in [-0.05, 0) is 48.7 Å². The van der Waals surface area contributed by atoms with Crippen molar-refractivity contribution in [1.29, 1.82) is 0 Å². The molecule has 2 unspecified atom stereocenters. The zero-order chi connectivity index (χ0) is 17.5. The molecule has 0 bridgehead atoms. The van der Waals surface area contributed by atoms with Crippen molar-refractivity contribution in [3.8, 4) is 0 Å². The average Bonchev–Trinajstić information content (AvgIpc) is 3.04. The highest BCUT2D eigenvalue weighted by molar-refractivity contribution is 5.89. The Kier molecular flexibility index (Phi) is 5.98. The first kappa shape index (κ1) is 17.4. The topological polar surface area (TPSA) is 75.3 Å². The van der Waals surface area contributed by atoms with Gasteiger partial charge in [0.15, 0.2) is 0 Å². The lowest BCUT2D eigenvalue weighted by Crippen LogP contribution is -2.34. The second kappa shape index (κ2) is 8.60. The molecule has 2 aromatic rings. The SMILES string of the molecule is CC1OCCC1NCc1cccc(NC(=O)NCc2ccncc2)c1. The number of carbonyl (C=O) groups excluding carboxylic acids is 1. The summed E-state index contributed by atoms with van der Waals surface area (Å²) in [5.41, 5.74) is 2.92. The molecule has 2 amide bonds. The van der Waals surface area contributed by atoms with E-state index in [1.807, 2.05) is 36.4 Å². The van der Waals surface area contributed by atoms with Crippen molar-refractivity contribution >= 4 is 11.7 Å². The highest BCUT2D eigenvalue weighted by Crippen LogP contribution is 2.15. The highest BCUT2D eigenvalue weighted by atomic mass is 16.5. The number of ether oxygens (including phenoxy) is 1. The molecule has 1 aliphatic rings. The molecule has 2 atom stereocenters. The molecule has 1 aromatic heterocycles. The largest absolute Gasteiger partial charge is 0.377 e. The maximum atomic E-state index is 12.0. The van der Waals surface area contributed by atoms with Gasteiger partial charge in [-0.15, -0.1) is 0 Å². The predicted octanol–water partition coefficient (Wildman–Crippen LogP) is 2.67. The minimum atomic E-state index is -0.222. The zero-order valence-electron chi connectivity index (χ0n) is 14.4. The van der Waals surface area contributed by atoms with Gasteiger partial charge in [-0.1, -0.05) is 12.1 Å². The van der Waals surface area contributed by atoms with Crippen molar-refractivity contribution in [3.05, 3.63) is 59.9 Å². The molecular formula is C19H24N4O2. The van der Waals surface area contributed by atoms with Crippen molar-refractivity contribution < 1.29 is 9.53 Å². The molecule has 6 nitrogen and oxygen atoms in total. The third kappa shape index (κ3) is 5.27. The summed E-state index contributed by atoms with van der Waals surface area (Å²) in [5.74, 6) is 0. The quantitative estimate of drug-likeness (QED) is 0.756. The van der Waals surface area contributed by atoms with Gasteiger partial charge in [0.1, 0.15) is 0 Å². The summed E-state index contributed by atoms with van der Waals surface area (Å²) in [5, 5.41) is 9.23. The fourth-order valence-corrected chi connectivity index (χ4v) is 2.87. The van der Waals surface area contributed by atoms with Gasteiger partial charge in [0.25, 0.3) is 0 Å². The van der Waals surface area contributed by atoms with Crippen LogP contribution in [0.3, 0.4) is 0 Å². The summed E-state index contributed by atoms with van der Waals surface area (Å²) < 4.78 is 5.56. The van der Waals surface area contributed by atoms with Crippen LogP contribution in [0.15, 0.2) is 48.8 Å². The van der Waals surface area contributed by atoms with Crippen molar-refractivity contribution in [3.63, 3.8) is 0 Å². The van der Waals surface area contributed by atoms with Crippen LogP contribution < -0.4 is 16.0 Å². The standard InChI is InChI=1S/C19H24N4O2/c1-14-18(7-10-25-14)21-13-16-3-2-4-17(11-16)23-19(24)22-12-15-5-8-20-9-6-15/h2-6,8-9,11,14,18,21H,7,10,12-13H2,1H3,(H2,22,23,24). The normalized spacial score (nSPS) is 19.6. The number of aromatic nitrogens is 1. The second-order valence-electron chi connectivity index (χ2n) is 6.22. The van der Waals surface area contributed by atoms with Crippen LogP contribution in [-0.4, -0.2) is 29.8 Å². The molecule has 3 rings (SSSR count). The van der Waals surface area contributed by atoms with Crippen molar-refractivity contribution in [2.75, 3.05) is 11.9 Å². The predicted molar refractivity (Wildman–Crippen MR) is 97.2 cm³/mol. The van der Waals surface area contributed by atoms with Crippen LogP contribution in [0, 0.1) is 0 Å². The van der Waals surface area contributed by atoms with Gasteiger partial charge >= 0.3 is 6.03 Å². The van der Waals surface area contributed by atoms with E-state index in [1.54, 1.807) is 12.4 Å². The van der Waals surface area contributed by atoms with Crippen LogP contribution in [0.1, 0.15) is 24.5 Å². The molecule has 3 N–H and O–H groups in total. The van der Waals surface area contributed by atoms with Gasteiger partial charge in [0.2, 0.25) is 0 Å². The molecule has 0 spiro atoms. The number of amides is 2. The Bertz CT molecular complexity index is 693. The van der Waals surface area contributed by atoms with Crippen LogP contribution in [0.25, 0.3) is 0 Å². The third-order valence-electron chi connectivity index (χ3n) is 4.33. The van der Waals surface area contributed by atoms with E-state index in [4.69, 9.17) is 4.74 Å². The van der Waals surface area contributed by atoms with E-state index in [-0.39, 0.29) is 12.1 Å². The van der Waals surface area contributed by atoms with Gasteiger partial charge in [-0.3, -0.25) is 4.98 Å². The van der Waals surface area contributed by atoms with Crippen molar-refractivity contribution in [2.24, 2.45) is 0 Å². The number of carbonyl (C=O) groups is 1. The fourth-order valence-electron chi connectivity index (χ4n) is 2.87. The van der Waals surface area contributed by atoms with Crippen molar-refractivity contribution in [1.82, 2.24) is 15.6 Å². The Balaban J connectivity index is 1.48. The maximum absolute atomic E-state index is 12.0. The van der Waals surface area contributed by atoms with Crippen LogP contribution in [0.4, 0.5) is 10.5 Å². The first-order valence-corrected chi connectivity index (χ1v) is 8.58. The zero-order valence-corrected chi connectivity index (χ0v) is 14.4. The number of hydrogen-bond donors (Lipinski definition) is 3. The lowest BCUT2D eigenvalue weighted by Gasteiger charge is -2.16. The molecule has 1 aromatic carbocycles. The van der Waals surface area contributed by atoms with E-state index in [0.29, 0.717) is 12.6 Å². The molecule has 6 heteroatoms. The molecule has 132 valence electrons. The lowest BCUT2D eigenvalue weighted by molar-refractivity contribution is 0.113. The Labute approximate surface area is 148 Å². The minimum Gasteiger partial charge on any atom is -0.377 e. The number of rotatable bonds is 6. The highest BCUT2D eigenvalue weighted by Gasteiger charge is 2.23. The van der Waals surface area contributed by atoms with Gasteiger partial charge in [-0.2, -0.15) is 0 Å². The summed E-state index contributed by atoms with van der Waals surface area (Å²) in [6.07, 6.45) is 4.71. The van der Waals surface area contributed by atoms with Crippen LogP contribution in [-0.2, 0) is 17.8 Å². The van der Waals surface area contributed by atoms with Gasteiger partial charge < -0.3 is 20.7 Å². The number of hydrogen-bond acceptors (Lipinski definition) is 4. The molecule has 1 saturated heterocycles. The average molecular weight is 340 g/mol. The molecule has 1 aliphatic heterocycles. The molecule has 0 saturated carbocycles. The first-order chi connectivity index (χ1) is 12.2. The monoisotopic (exact) mass is 340 g/mol. The Hall–Kier alpha value is -2.44. The summed E-state index contributed by atoms with van der Waals surface area (Å²) in [6, 6.07) is 11.8. The van der Waals surface area contributed by atoms with Crippen LogP contribution >= 0.6 is 0 Å². The van der Waals surface area contributed by atoms with Gasteiger partial charge in [0.05, 0.1) is 6.10 Å². The summed E-state index contributed by atoms with van der Waals surface area (Å²) in [7, 11) is 0. The molecule has 2 heterocycles. The second-order valence-corrected chi connectivity index (χ2v) is 6.22. The van der Waals surface area contributed by atoms with Crippen molar-refractivity contribution in [2.45, 2.75) is 38.6 Å². The number of pyridine rings is 1. The van der Waals surface area contributed by atoms with Gasteiger partial charge in [-0.25, -0.2) is 4.79 Å². The summed E-state index contributed by atoms with van der Waals surface area (Å²) >= 11 is 0. The number of nitrogens with zero attached hydrogens (tertiary/aromatic N) is 1. The van der Waals surface area contributed by atoms with Crippen LogP contribution in [0.5, 0.6) is 0 Å². The number of benzene rings is 1. The first-order valence-electron chi connectivity index (χ1n) is 8.58. The molecule has 1 fully saturated rings. The lowest BCUT2D eigenvalue weighted by atomic mass is 10.1. The Morgan fingerprint density at radius 2 is 2.04 bits per heavy atom. The summed E-state index contributed by atoms with van der Waals surface area (Å²) in [4.78, 5) is 16.0. The molecular weight excluding hydrogens is 316 g/mol. The van der Waals surface area contributed by atoms with E-state index in [2.05, 4.69) is 27.9 Å². The number of anilines is 1. The van der Waals surface area contributed by atoms with Crippen LogP contribution in [0.2, 0.25) is 0 Å². The Morgan fingerprint density at radius 3 is 2.80 bits per heavy atom. The van der Waals surface area contributed by atoms with E-state index in [1.165, 1.54) is 0 Å². The third-order valence-corrected chi connectivity index (χ3v) is 4.33. The number of urea groups is 1. The minimum absolute atomic E-state index is 0.222.